The first-order valence-electron chi connectivity index (χ1n) is 13.7. The molecule has 13 heteroatoms. The van der Waals surface area contributed by atoms with Gasteiger partial charge >= 0.3 is 5.97 Å². The second kappa shape index (κ2) is 13.3. The third-order valence-electron chi connectivity index (χ3n) is 6.77. The highest BCUT2D eigenvalue weighted by Crippen LogP contribution is 2.39. The van der Waals surface area contributed by atoms with Gasteiger partial charge in [-0.15, -0.1) is 0 Å². The normalized spacial score (nSPS) is 14.6. The van der Waals surface area contributed by atoms with Crippen LogP contribution in [-0.2, 0) is 9.53 Å². The summed E-state index contributed by atoms with van der Waals surface area (Å²) in [4.78, 5) is 41.7. The van der Waals surface area contributed by atoms with Gasteiger partial charge in [0, 0.05) is 24.0 Å². The lowest BCUT2D eigenvalue weighted by molar-refractivity contribution is -0.138. The Morgan fingerprint density at radius 3 is 2.53 bits per heavy atom. The van der Waals surface area contributed by atoms with Crippen LogP contribution in [0.25, 0.3) is 11.8 Å². The van der Waals surface area contributed by atoms with Gasteiger partial charge < -0.3 is 18.6 Å². The zero-order valence-corrected chi connectivity index (χ0v) is 27.4. The van der Waals surface area contributed by atoms with Crippen molar-refractivity contribution >= 4 is 56.8 Å². The molecule has 2 aromatic carbocycles. The smallest absolute Gasteiger partial charge is 0.338 e. The molecule has 0 aliphatic carbocycles. The molecule has 0 radical (unpaired) electrons. The number of hydrogen-bond acceptors (Lipinski definition) is 11. The lowest BCUT2D eigenvalue weighted by atomic mass is 9.93. The molecule has 4 heterocycles. The van der Waals surface area contributed by atoms with Gasteiger partial charge in [-0.25, -0.2) is 19.8 Å². The summed E-state index contributed by atoms with van der Waals surface area (Å²) in [5.41, 5.74) is 1.64. The largest absolute Gasteiger partial charge is 0.493 e. The van der Waals surface area contributed by atoms with Crippen molar-refractivity contribution in [1.29, 1.82) is 0 Å². The van der Waals surface area contributed by atoms with Crippen LogP contribution >= 0.6 is 39.0 Å². The zero-order chi connectivity index (χ0) is 31.5. The molecule has 228 valence electrons. The van der Waals surface area contributed by atoms with Gasteiger partial charge in [-0.2, -0.15) is 0 Å². The van der Waals surface area contributed by atoms with Crippen LogP contribution in [0.2, 0.25) is 0 Å². The summed E-state index contributed by atoms with van der Waals surface area (Å²) >= 11 is 5.98. The molecule has 0 saturated carbocycles. The number of ether oxygens (including phenoxy) is 3. The molecule has 0 bridgehead atoms. The fourth-order valence-electron chi connectivity index (χ4n) is 4.84. The van der Waals surface area contributed by atoms with Gasteiger partial charge in [0.2, 0.25) is 0 Å². The first-order valence-corrected chi connectivity index (χ1v) is 16.1. The molecule has 3 aromatic heterocycles. The van der Waals surface area contributed by atoms with Gasteiger partial charge in [-0.05, 0) is 64.4 Å². The number of carbonyl (C=O) groups is 1. The molecule has 0 N–H and O–H groups in total. The highest BCUT2D eigenvalue weighted by molar-refractivity contribution is 9.10. The van der Waals surface area contributed by atoms with E-state index in [9.17, 15) is 9.59 Å². The summed E-state index contributed by atoms with van der Waals surface area (Å²) < 4.78 is 25.2. The van der Waals surface area contributed by atoms with Crippen molar-refractivity contribution < 1.29 is 23.4 Å². The molecule has 0 fully saturated rings. The van der Waals surface area contributed by atoms with Gasteiger partial charge in [0.25, 0.3) is 5.56 Å². The van der Waals surface area contributed by atoms with Gasteiger partial charge in [0.15, 0.2) is 26.5 Å². The molecule has 5 aromatic rings. The summed E-state index contributed by atoms with van der Waals surface area (Å²) in [5.74, 6) is 0.832. The van der Waals surface area contributed by atoms with E-state index in [-0.39, 0.29) is 17.7 Å². The van der Waals surface area contributed by atoms with Crippen molar-refractivity contribution in [3.05, 3.63) is 120 Å². The monoisotopic (exact) mass is 704 g/mol. The summed E-state index contributed by atoms with van der Waals surface area (Å²) in [7, 11) is 3.07. The number of benzene rings is 2. The van der Waals surface area contributed by atoms with Crippen molar-refractivity contribution in [1.82, 2.24) is 14.5 Å². The summed E-state index contributed by atoms with van der Waals surface area (Å²) in [6, 6.07) is 17.3. The average Bonchev–Trinajstić information content (AvgIpc) is 3.57. The molecule has 0 spiro atoms. The molecular weight excluding hydrogens is 680 g/mol. The number of fused-ring (bicyclic) bond motifs is 1. The van der Waals surface area contributed by atoms with Crippen molar-refractivity contribution in [2.24, 2.45) is 4.99 Å². The van der Waals surface area contributed by atoms with Crippen molar-refractivity contribution in [2.45, 2.75) is 23.2 Å². The van der Waals surface area contributed by atoms with E-state index in [0.29, 0.717) is 58.1 Å². The van der Waals surface area contributed by atoms with Gasteiger partial charge in [0.05, 0.1) is 47.1 Å². The van der Waals surface area contributed by atoms with Gasteiger partial charge in [-0.3, -0.25) is 9.36 Å². The van der Waals surface area contributed by atoms with Crippen molar-refractivity contribution in [3.63, 3.8) is 0 Å². The van der Waals surface area contributed by atoms with Crippen LogP contribution < -0.4 is 24.4 Å². The SMILES string of the molecule is CCOC(=O)C1=C(c2ccccc2)N=c2s/c(=C/c3cc(Br)c(Sc4ncccn4)o3)c(=O)n2[C@H]1c1ccc(OC)c(OC)c1. The van der Waals surface area contributed by atoms with Crippen LogP contribution in [0.3, 0.4) is 0 Å². The Kier molecular flexibility index (Phi) is 9.01. The number of hydrogen-bond donors (Lipinski definition) is 0. The topological polar surface area (TPSA) is 118 Å². The predicted octanol–water partition coefficient (Wildman–Crippen LogP) is 5.25. The lowest BCUT2D eigenvalue weighted by Gasteiger charge is -2.26. The Morgan fingerprint density at radius 2 is 1.82 bits per heavy atom. The highest BCUT2D eigenvalue weighted by Gasteiger charge is 2.35. The van der Waals surface area contributed by atoms with E-state index in [1.807, 2.05) is 30.3 Å². The third kappa shape index (κ3) is 6.10. The van der Waals surface area contributed by atoms with Gasteiger partial charge in [0.1, 0.15) is 5.76 Å². The van der Waals surface area contributed by atoms with Gasteiger partial charge in [-0.1, -0.05) is 47.7 Å². The maximum atomic E-state index is 14.2. The second-order valence-corrected chi connectivity index (χ2v) is 12.3. The number of esters is 1. The number of aromatic nitrogens is 3. The molecule has 0 amide bonds. The lowest BCUT2D eigenvalue weighted by Crippen LogP contribution is -2.40. The van der Waals surface area contributed by atoms with E-state index < -0.39 is 12.0 Å². The maximum Gasteiger partial charge on any atom is 0.338 e. The third-order valence-corrected chi connectivity index (χ3v) is 9.49. The molecule has 10 nitrogen and oxygen atoms in total. The first kappa shape index (κ1) is 30.6. The fourth-order valence-corrected chi connectivity index (χ4v) is 7.06. The minimum Gasteiger partial charge on any atom is -0.493 e. The van der Waals surface area contributed by atoms with Crippen LogP contribution in [0.15, 0.2) is 108 Å². The van der Waals surface area contributed by atoms with Crippen LogP contribution in [-0.4, -0.2) is 41.3 Å². The van der Waals surface area contributed by atoms with E-state index in [2.05, 4.69) is 25.9 Å². The highest BCUT2D eigenvalue weighted by atomic mass is 79.9. The van der Waals surface area contributed by atoms with Crippen molar-refractivity contribution in [3.8, 4) is 11.5 Å². The van der Waals surface area contributed by atoms with Crippen molar-refractivity contribution in [2.75, 3.05) is 20.8 Å². The van der Waals surface area contributed by atoms with E-state index in [4.69, 9.17) is 23.6 Å². The summed E-state index contributed by atoms with van der Waals surface area (Å²) in [5, 5.41) is 1.06. The van der Waals surface area contributed by atoms with Crippen LogP contribution in [0.1, 0.15) is 29.9 Å². The van der Waals surface area contributed by atoms with Crippen LogP contribution in [0.5, 0.6) is 11.5 Å². The Labute approximate surface area is 273 Å². The summed E-state index contributed by atoms with van der Waals surface area (Å²) in [6.45, 7) is 1.88. The fraction of sp³-hybridized carbons (Fsp3) is 0.156. The molecule has 0 unspecified atom stereocenters. The van der Waals surface area contributed by atoms with E-state index in [1.165, 1.54) is 34.8 Å². The number of nitrogens with zero attached hydrogens (tertiary/aromatic N) is 4. The molecular formula is C32H25BrN4O6S2. The average molecular weight is 706 g/mol. The minimum atomic E-state index is -0.873. The maximum absolute atomic E-state index is 14.2. The predicted molar refractivity (Wildman–Crippen MR) is 173 cm³/mol. The summed E-state index contributed by atoms with van der Waals surface area (Å²) in [6.07, 6.45) is 4.96. The Bertz CT molecular complexity index is 2090. The molecule has 1 atom stereocenters. The molecule has 1 aliphatic heterocycles. The molecule has 1 aliphatic rings. The number of carbonyl (C=O) groups excluding carboxylic acids is 1. The first-order chi connectivity index (χ1) is 21.9. The van der Waals surface area contributed by atoms with E-state index in [0.717, 1.165) is 0 Å². The number of furan rings is 1. The standard InChI is InChI=1S/C32H25BrN4O6S2/c1-4-42-29(39)25-26(18-9-6-5-7-10-18)36-32-37(27(25)19-11-12-22(40-2)23(15-19)41-3)28(38)24(44-32)17-20-16-21(33)30(43-20)45-31-34-13-8-14-35-31/h5-17,27H,4H2,1-3H3/b24-17+/t27-/m0/s1. The molecule has 45 heavy (non-hydrogen) atoms. The molecule has 6 rings (SSSR count). The number of thiazole rings is 1. The number of rotatable bonds is 9. The van der Waals surface area contributed by atoms with Crippen LogP contribution in [0, 0.1) is 0 Å². The van der Waals surface area contributed by atoms with E-state index in [1.54, 1.807) is 62.8 Å². The molecule has 0 saturated heterocycles. The Balaban J connectivity index is 1.56. The second-order valence-electron chi connectivity index (χ2n) is 9.46. The van der Waals surface area contributed by atoms with E-state index >= 15 is 0 Å². The number of halogens is 1. The zero-order valence-electron chi connectivity index (χ0n) is 24.2. The minimum absolute atomic E-state index is 0.148. The Hall–Kier alpha value is -4.46. The van der Waals surface area contributed by atoms with Crippen LogP contribution in [0.4, 0.5) is 0 Å². The number of methoxy groups -OCH3 is 2. The Morgan fingerprint density at radius 1 is 1.07 bits per heavy atom. The quantitative estimate of drug-likeness (QED) is 0.150.